The standard InChI is InChI=1S/C17H27N3O2/c1-2-22-16-8-4-3-7-15(16)19-17(21)13-20-11-5-6-14(12-20)9-10-18/h3-4,7-8,14H,2,5-6,9-13,18H2,1H3,(H,19,21). The molecule has 0 bridgehead atoms. The zero-order valence-electron chi connectivity index (χ0n) is 13.4. The molecule has 2 rings (SSSR count). The Kier molecular flexibility index (Phi) is 6.68. The molecule has 1 atom stereocenters. The lowest BCUT2D eigenvalue weighted by atomic mass is 9.95. The lowest BCUT2D eigenvalue weighted by Crippen LogP contribution is -2.41. The van der Waals surface area contributed by atoms with Crippen LogP contribution in [0.15, 0.2) is 24.3 Å². The van der Waals surface area contributed by atoms with Gasteiger partial charge in [-0.3, -0.25) is 9.69 Å². The number of carbonyl (C=O) groups is 1. The molecule has 1 unspecified atom stereocenters. The first-order valence-corrected chi connectivity index (χ1v) is 8.17. The molecule has 1 aromatic rings. The quantitative estimate of drug-likeness (QED) is 0.809. The van der Waals surface area contributed by atoms with E-state index in [0.29, 0.717) is 19.1 Å². The second-order valence-corrected chi connectivity index (χ2v) is 5.80. The number of para-hydroxylation sites is 2. The lowest BCUT2D eigenvalue weighted by Gasteiger charge is -2.32. The van der Waals surface area contributed by atoms with E-state index in [2.05, 4.69) is 10.2 Å². The molecule has 122 valence electrons. The zero-order valence-corrected chi connectivity index (χ0v) is 13.4. The number of hydrogen-bond acceptors (Lipinski definition) is 4. The Morgan fingerprint density at radius 1 is 1.45 bits per heavy atom. The number of amides is 1. The first kappa shape index (κ1) is 16.8. The number of ether oxygens (including phenoxy) is 1. The van der Waals surface area contributed by atoms with E-state index in [1.165, 1.54) is 6.42 Å². The fourth-order valence-corrected chi connectivity index (χ4v) is 3.01. The number of piperidine rings is 1. The molecule has 5 nitrogen and oxygen atoms in total. The van der Waals surface area contributed by atoms with Crippen molar-refractivity contribution in [1.82, 2.24) is 4.90 Å². The maximum absolute atomic E-state index is 12.3. The Morgan fingerprint density at radius 2 is 2.27 bits per heavy atom. The van der Waals surface area contributed by atoms with E-state index >= 15 is 0 Å². The Morgan fingerprint density at radius 3 is 3.05 bits per heavy atom. The maximum Gasteiger partial charge on any atom is 0.238 e. The van der Waals surface area contributed by atoms with Crippen LogP contribution < -0.4 is 15.8 Å². The van der Waals surface area contributed by atoms with Crippen molar-refractivity contribution in [2.75, 3.05) is 38.1 Å². The van der Waals surface area contributed by atoms with Gasteiger partial charge in [-0.15, -0.1) is 0 Å². The monoisotopic (exact) mass is 305 g/mol. The largest absolute Gasteiger partial charge is 0.492 e. The molecular weight excluding hydrogens is 278 g/mol. The van der Waals surface area contributed by atoms with Crippen LogP contribution in [0.2, 0.25) is 0 Å². The van der Waals surface area contributed by atoms with Gasteiger partial charge in [0.2, 0.25) is 5.91 Å². The summed E-state index contributed by atoms with van der Waals surface area (Å²) in [6.45, 7) is 5.64. The minimum atomic E-state index is 0.0144. The number of nitrogens with one attached hydrogen (secondary N) is 1. The van der Waals surface area contributed by atoms with Crippen molar-refractivity contribution in [2.45, 2.75) is 26.2 Å². The number of hydrogen-bond donors (Lipinski definition) is 2. The number of rotatable bonds is 7. The molecule has 0 aromatic heterocycles. The summed E-state index contributed by atoms with van der Waals surface area (Å²) in [6, 6.07) is 7.55. The zero-order chi connectivity index (χ0) is 15.8. The summed E-state index contributed by atoms with van der Waals surface area (Å²) >= 11 is 0. The van der Waals surface area contributed by atoms with Gasteiger partial charge in [0, 0.05) is 6.54 Å². The van der Waals surface area contributed by atoms with Gasteiger partial charge < -0.3 is 15.8 Å². The Labute approximate surface area is 132 Å². The first-order chi connectivity index (χ1) is 10.7. The number of nitrogens with two attached hydrogens (primary N) is 1. The molecular formula is C17H27N3O2. The second kappa shape index (κ2) is 8.76. The van der Waals surface area contributed by atoms with Gasteiger partial charge in [-0.25, -0.2) is 0 Å². The molecule has 1 aromatic carbocycles. The second-order valence-electron chi connectivity index (χ2n) is 5.80. The lowest BCUT2D eigenvalue weighted by molar-refractivity contribution is -0.117. The van der Waals surface area contributed by atoms with Gasteiger partial charge in [-0.05, 0) is 57.3 Å². The summed E-state index contributed by atoms with van der Waals surface area (Å²) in [6.07, 6.45) is 3.42. The predicted octanol–water partition coefficient (Wildman–Crippen LogP) is 2.08. The van der Waals surface area contributed by atoms with Crippen LogP contribution in [0.3, 0.4) is 0 Å². The van der Waals surface area contributed by atoms with Crippen molar-refractivity contribution in [3.8, 4) is 5.75 Å². The summed E-state index contributed by atoms with van der Waals surface area (Å²) in [5.74, 6) is 1.36. The van der Waals surface area contributed by atoms with E-state index in [9.17, 15) is 4.79 Å². The summed E-state index contributed by atoms with van der Waals surface area (Å²) in [7, 11) is 0. The molecule has 0 aliphatic carbocycles. The van der Waals surface area contributed by atoms with Gasteiger partial charge in [-0.2, -0.15) is 0 Å². The topological polar surface area (TPSA) is 67.6 Å². The van der Waals surface area contributed by atoms with Crippen LogP contribution in [-0.2, 0) is 4.79 Å². The Hall–Kier alpha value is -1.59. The third kappa shape index (κ3) is 5.00. The average molecular weight is 305 g/mol. The Balaban J connectivity index is 1.87. The van der Waals surface area contributed by atoms with Crippen LogP contribution in [0.4, 0.5) is 5.69 Å². The molecule has 0 saturated carbocycles. The number of carbonyl (C=O) groups excluding carboxylic acids is 1. The highest BCUT2D eigenvalue weighted by molar-refractivity contribution is 5.93. The van der Waals surface area contributed by atoms with Gasteiger partial charge >= 0.3 is 0 Å². The molecule has 5 heteroatoms. The molecule has 0 radical (unpaired) electrons. The Bertz CT molecular complexity index is 477. The van der Waals surface area contributed by atoms with Gasteiger partial charge in [0.25, 0.3) is 0 Å². The third-order valence-corrected chi connectivity index (χ3v) is 4.01. The van der Waals surface area contributed by atoms with Crippen LogP contribution in [0.1, 0.15) is 26.2 Å². The van der Waals surface area contributed by atoms with E-state index in [1.807, 2.05) is 31.2 Å². The van der Waals surface area contributed by atoms with Crippen molar-refractivity contribution in [3.63, 3.8) is 0 Å². The smallest absolute Gasteiger partial charge is 0.238 e. The van der Waals surface area contributed by atoms with Crippen molar-refractivity contribution in [1.29, 1.82) is 0 Å². The van der Waals surface area contributed by atoms with E-state index in [1.54, 1.807) is 0 Å². The molecule has 1 heterocycles. The first-order valence-electron chi connectivity index (χ1n) is 8.17. The third-order valence-electron chi connectivity index (χ3n) is 4.01. The SMILES string of the molecule is CCOc1ccccc1NC(=O)CN1CCCC(CCN)C1. The summed E-state index contributed by atoms with van der Waals surface area (Å²) < 4.78 is 5.53. The molecule has 1 aliphatic rings. The highest BCUT2D eigenvalue weighted by atomic mass is 16.5. The molecule has 1 saturated heterocycles. The van der Waals surface area contributed by atoms with Crippen LogP contribution in [0, 0.1) is 5.92 Å². The fourth-order valence-electron chi connectivity index (χ4n) is 3.01. The summed E-state index contributed by atoms with van der Waals surface area (Å²) in [4.78, 5) is 14.5. The maximum atomic E-state index is 12.3. The van der Waals surface area contributed by atoms with Crippen molar-refractivity contribution >= 4 is 11.6 Å². The molecule has 1 aliphatic heterocycles. The van der Waals surface area contributed by atoms with Gasteiger partial charge in [0.05, 0.1) is 18.8 Å². The predicted molar refractivity (Wildman–Crippen MR) is 89.1 cm³/mol. The molecule has 22 heavy (non-hydrogen) atoms. The van der Waals surface area contributed by atoms with Crippen molar-refractivity contribution < 1.29 is 9.53 Å². The minimum Gasteiger partial charge on any atom is -0.492 e. The minimum absolute atomic E-state index is 0.0144. The summed E-state index contributed by atoms with van der Waals surface area (Å²) in [5.41, 5.74) is 6.38. The van der Waals surface area contributed by atoms with E-state index in [-0.39, 0.29) is 5.91 Å². The highest BCUT2D eigenvalue weighted by Gasteiger charge is 2.21. The molecule has 1 amide bonds. The van der Waals surface area contributed by atoms with Crippen molar-refractivity contribution in [3.05, 3.63) is 24.3 Å². The van der Waals surface area contributed by atoms with Crippen LogP contribution >= 0.6 is 0 Å². The van der Waals surface area contributed by atoms with Gasteiger partial charge in [0.15, 0.2) is 0 Å². The van der Waals surface area contributed by atoms with Crippen molar-refractivity contribution in [2.24, 2.45) is 11.7 Å². The highest BCUT2D eigenvalue weighted by Crippen LogP contribution is 2.24. The molecule has 3 N–H and O–H groups in total. The van der Waals surface area contributed by atoms with Crippen LogP contribution in [0.5, 0.6) is 5.75 Å². The van der Waals surface area contributed by atoms with E-state index in [4.69, 9.17) is 10.5 Å². The number of likely N-dealkylation sites (tertiary alicyclic amines) is 1. The van der Waals surface area contributed by atoms with Crippen LogP contribution in [-0.4, -0.2) is 43.6 Å². The van der Waals surface area contributed by atoms with Gasteiger partial charge in [-0.1, -0.05) is 12.1 Å². The number of nitrogens with zero attached hydrogens (tertiary/aromatic N) is 1. The molecule has 0 spiro atoms. The van der Waals surface area contributed by atoms with Gasteiger partial charge in [0.1, 0.15) is 5.75 Å². The van der Waals surface area contributed by atoms with Crippen LogP contribution in [0.25, 0.3) is 0 Å². The number of anilines is 1. The van der Waals surface area contributed by atoms with E-state index in [0.717, 1.165) is 43.9 Å². The van der Waals surface area contributed by atoms with E-state index < -0.39 is 0 Å². The summed E-state index contributed by atoms with van der Waals surface area (Å²) in [5, 5.41) is 2.96. The average Bonchev–Trinajstić information content (AvgIpc) is 2.50. The fraction of sp³-hybridized carbons (Fsp3) is 0.588. The molecule has 1 fully saturated rings. The number of benzene rings is 1. The normalized spacial score (nSPS) is 18.9.